The summed E-state index contributed by atoms with van der Waals surface area (Å²) >= 11 is 6.71. The normalized spacial score (nSPS) is 11.9. The third-order valence-corrected chi connectivity index (χ3v) is 3.17. The van der Waals surface area contributed by atoms with Gasteiger partial charge in [-0.05, 0) is 25.4 Å². The molecule has 19 heavy (non-hydrogen) atoms. The zero-order valence-corrected chi connectivity index (χ0v) is 12.5. The second-order valence-corrected chi connectivity index (χ2v) is 4.56. The van der Waals surface area contributed by atoms with Crippen molar-refractivity contribution < 1.29 is 9.63 Å². The van der Waals surface area contributed by atoms with E-state index in [1.165, 1.54) is 18.4 Å². The molecule has 0 bridgehead atoms. The van der Waals surface area contributed by atoms with Gasteiger partial charge in [-0.15, -0.1) is 11.3 Å². The highest BCUT2D eigenvalue weighted by Gasteiger charge is 2.16. The Morgan fingerprint density at radius 3 is 2.79 bits per heavy atom. The summed E-state index contributed by atoms with van der Waals surface area (Å²) in [6.07, 6.45) is 1.72. The van der Waals surface area contributed by atoms with Gasteiger partial charge in [-0.3, -0.25) is 4.79 Å². The van der Waals surface area contributed by atoms with Crippen LogP contribution < -0.4 is 0 Å². The lowest BCUT2D eigenvalue weighted by Crippen LogP contribution is -2.20. The molecule has 0 radical (unpaired) electrons. The molecule has 0 aliphatic heterocycles. The predicted octanol–water partition coefficient (Wildman–Crippen LogP) is 2.26. The number of oxime groups is 1. The monoisotopic (exact) mass is 302 g/mol. The van der Waals surface area contributed by atoms with E-state index in [1.807, 2.05) is 18.7 Å². The summed E-state index contributed by atoms with van der Waals surface area (Å²) in [5, 5.41) is 5.03. The Bertz CT molecular complexity index is 483. The molecule has 6 nitrogen and oxygen atoms in total. The fourth-order valence-corrected chi connectivity index (χ4v) is 2.00. The molecule has 0 fully saturated rings. The fraction of sp³-hybridized carbons (Fsp3) is 0.455. The van der Waals surface area contributed by atoms with Crippen LogP contribution in [0.5, 0.6) is 0 Å². The van der Waals surface area contributed by atoms with Gasteiger partial charge < -0.3 is 9.74 Å². The van der Waals surface area contributed by atoms with E-state index in [0.717, 1.165) is 13.1 Å². The maximum Gasteiger partial charge on any atom is 0.276 e. The first-order chi connectivity index (χ1) is 9.12. The fourth-order valence-electron chi connectivity index (χ4n) is 1.22. The van der Waals surface area contributed by atoms with E-state index in [0.29, 0.717) is 10.8 Å². The van der Waals surface area contributed by atoms with E-state index in [-0.39, 0.29) is 5.71 Å². The minimum absolute atomic E-state index is 0.0234. The molecule has 0 spiro atoms. The van der Waals surface area contributed by atoms with Gasteiger partial charge in [-0.1, -0.05) is 5.16 Å². The molecule has 1 aromatic heterocycles. The van der Waals surface area contributed by atoms with Gasteiger partial charge in [0.2, 0.25) is 5.13 Å². The zero-order valence-electron chi connectivity index (χ0n) is 11.0. The lowest BCUT2D eigenvalue weighted by molar-refractivity contribution is -0.106. The maximum absolute atomic E-state index is 11.2. The molecule has 0 amide bonds. The van der Waals surface area contributed by atoms with Crippen LogP contribution in [0, 0.1) is 0 Å². The second-order valence-electron chi connectivity index (χ2n) is 3.38. The molecule has 104 valence electrons. The molecular weight excluding hydrogens is 288 g/mol. The Kier molecular flexibility index (Phi) is 6.44. The van der Waals surface area contributed by atoms with Crippen LogP contribution in [0.25, 0.3) is 0 Å². The Balaban J connectivity index is 2.87. The van der Waals surface area contributed by atoms with Crippen LogP contribution in [0.2, 0.25) is 0 Å². The lowest BCUT2D eigenvalue weighted by atomic mass is 10.3. The number of carbonyl (C=O) groups is 1. The van der Waals surface area contributed by atoms with Gasteiger partial charge in [0.1, 0.15) is 12.8 Å². The third-order valence-electron chi connectivity index (χ3n) is 2.25. The summed E-state index contributed by atoms with van der Waals surface area (Å²) in [6, 6.07) is 0. The number of halogens is 1. The Morgan fingerprint density at radius 2 is 2.26 bits per heavy atom. The second kappa shape index (κ2) is 7.85. The first-order valence-electron chi connectivity index (χ1n) is 5.67. The summed E-state index contributed by atoms with van der Waals surface area (Å²) in [7, 11) is 1.34. The number of rotatable bonds is 7. The molecule has 1 heterocycles. The largest absolute Gasteiger partial charge is 0.398 e. The standard InChI is InChI=1S/C11H15ClN4O2S/c1-4-16(5-2)7-13-11-14-8(6-19-11)9(10(12)17)15-18-3/h6-7H,4-5H2,1-3H3. The molecule has 1 rings (SSSR count). The smallest absolute Gasteiger partial charge is 0.276 e. The van der Waals surface area contributed by atoms with Gasteiger partial charge in [-0.25, -0.2) is 9.98 Å². The average molecular weight is 303 g/mol. The van der Waals surface area contributed by atoms with Gasteiger partial charge >= 0.3 is 0 Å². The van der Waals surface area contributed by atoms with Crippen LogP contribution in [0.1, 0.15) is 19.5 Å². The highest BCUT2D eigenvalue weighted by molar-refractivity contribution is 7.13. The topological polar surface area (TPSA) is 67.2 Å². The van der Waals surface area contributed by atoms with Crippen molar-refractivity contribution in [1.82, 2.24) is 9.88 Å². The number of thiazole rings is 1. The lowest BCUT2D eigenvalue weighted by Gasteiger charge is -2.12. The summed E-state index contributed by atoms with van der Waals surface area (Å²) in [4.78, 5) is 26.2. The van der Waals surface area contributed by atoms with Crippen LogP contribution in [0.3, 0.4) is 0 Å². The summed E-state index contributed by atoms with van der Waals surface area (Å²) in [5.41, 5.74) is 0.336. The number of hydrogen-bond donors (Lipinski definition) is 0. The molecule has 0 aromatic carbocycles. The van der Waals surface area contributed by atoms with Crippen molar-refractivity contribution in [3.63, 3.8) is 0 Å². The summed E-state index contributed by atoms with van der Waals surface area (Å²) < 4.78 is 0. The zero-order chi connectivity index (χ0) is 14.3. The van der Waals surface area contributed by atoms with Gasteiger partial charge in [0.15, 0.2) is 5.71 Å². The first-order valence-corrected chi connectivity index (χ1v) is 6.93. The van der Waals surface area contributed by atoms with Crippen molar-refractivity contribution in [2.75, 3.05) is 20.2 Å². The SMILES string of the molecule is CCN(C=Nc1nc(C(=NOC)C(=O)Cl)cs1)CC. The van der Waals surface area contributed by atoms with Gasteiger partial charge in [0.05, 0.1) is 6.34 Å². The van der Waals surface area contributed by atoms with E-state index in [1.54, 1.807) is 11.7 Å². The Morgan fingerprint density at radius 1 is 1.58 bits per heavy atom. The number of aliphatic imine (C=N–C) groups is 1. The molecule has 1 aromatic rings. The summed E-state index contributed by atoms with van der Waals surface area (Å²) in [5.74, 6) is 0. The number of aromatic nitrogens is 1. The van der Waals surface area contributed by atoms with Gasteiger partial charge in [-0.2, -0.15) is 0 Å². The van der Waals surface area contributed by atoms with Crippen LogP contribution in [0.4, 0.5) is 5.13 Å². The van der Waals surface area contributed by atoms with Crippen molar-refractivity contribution in [3.05, 3.63) is 11.1 Å². The molecule has 0 saturated carbocycles. The van der Waals surface area contributed by atoms with Crippen molar-refractivity contribution in [3.8, 4) is 0 Å². The number of carbonyl (C=O) groups excluding carboxylic acids is 1. The van der Waals surface area contributed by atoms with E-state index in [4.69, 9.17) is 11.6 Å². The average Bonchev–Trinajstić information content (AvgIpc) is 2.85. The number of nitrogens with zero attached hydrogens (tertiary/aromatic N) is 4. The third kappa shape index (κ3) is 4.60. The van der Waals surface area contributed by atoms with E-state index in [9.17, 15) is 4.79 Å². The quantitative estimate of drug-likeness (QED) is 0.335. The molecule has 0 saturated heterocycles. The Hall–Kier alpha value is -1.47. The predicted molar refractivity (Wildman–Crippen MR) is 77.6 cm³/mol. The molecule has 0 aliphatic rings. The van der Waals surface area contributed by atoms with Crippen LogP contribution in [-0.4, -0.2) is 47.4 Å². The number of hydrogen-bond acceptors (Lipinski definition) is 6. The van der Waals surface area contributed by atoms with Gasteiger partial charge in [0.25, 0.3) is 5.24 Å². The van der Waals surface area contributed by atoms with Crippen LogP contribution >= 0.6 is 22.9 Å². The molecule has 0 unspecified atom stereocenters. The minimum Gasteiger partial charge on any atom is -0.398 e. The molecule has 0 atom stereocenters. The molecular formula is C11H15ClN4O2S. The van der Waals surface area contributed by atoms with Crippen molar-refractivity contribution in [2.24, 2.45) is 10.1 Å². The Labute approximate surface area is 120 Å². The van der Waals surface area contributed by atoms with E-state index >= 15 is 0 Å². The molecule has 0 aliphatic carbocycles. The van der Waals surface area contributed by atoms with E-state index in [2.05, 4.69) is 20.0 Å². The van der Waals surface area contributed by atoms with Crippen molar-refractivity contribution >= 4 is 45.4 Å². The van der Waals surface area contributed by atoms with E-state index < -0.39 is 5.24 Å². The maximum atomic E-state index is 11.2. The highest BCUT2D eigenvalue weighted by atomic mass is 35.5. The van der Waals surface area contributed by atoms with Crippen molar-refractivity contribution in [2.45, 2.75) is 13.8 Å². The highest BCUT2D eigenvalue weighted by Crippen LogP contribution is 2.19. The van der Waals surface area contributed by atoms with Crippen molar-refractivity contribution in [1.29, 1.82) is 0 Å². The van der Waals surface area contributed by atoms with Gasteiger partial charge in [0, 0.05) is 18.5 Å². The van der Waals surface area contributed by atoms with Crippen LogP contribution in [-0.2, 0) is 9.63 Å². The minimum atomic E-state index is -0.716. The molecule has 0 N–H and O–H groups in total. The summed E-state index contributed by atoms with van der Waals surface area (Å²) in [6.45, 7) is 5.82. The molecule has 8 heteroatoms. The first kappa shape index (κ1) is 15.6. The van der Waals surface area contributed by atoms with Crippen LogP contribution in [0.15, 0.2) is 15.5 Å².